The highest BCUT2D eigenvalue weighted by Gasteiger charge is 2.13. The van der Waals surface area contributed by atoms with Gasteiger partial charge in [0.15, 0.2) is 0 Å². The lowest BCUT2D eigenvalue weighted by molar-refractivity contribution is 0.0643. The van der Waals surface area contributed by atoms with Gasteiger partial charge in [0.25, 0.3) is 0 Å². The van der Waals surface area contributed by atoms with Crippen LogP contribution in [0.5, 0.6) is 5.75 Å². The third-order valence-electron chi connectivity index (χ3n) is 2.15. The molecule has 1 atom stereocenters. The molecule has 0 radical (unpaired) electrons. The van der Waals surface area contributed by atoms with Crippen LogP contribution in [0.4, 0.5) is 4.39 Å². The van der Waals surface area contributed by atoms with Crippen LogP contribution in [0.15, 0.2) is 12.1 Å². The van der Waals surface area contributed by atoms with Gasteiger partial charge in [0.2, 0.25) is 0 Å². The summed E-state index contributed by atoms with van der Waals surface area (Å²) >= 11 is 0. The number of rotatable bonds is 3. The fourth-order valence-electron chi connectivity index (χ4n) is 1.24. The number of halogens is 1. The van der Waals surface area contributed by atoms with Crippen LogP contribution < -0.4 is 10.6 Å². The molecule has 0 saturated heterocycles. The first-order valence-electron chi connectivity index (χ1n) is 4.29. The van der Waals surface area contributed by atoms with Gasteiger partial charge in [-0.25, -0.2) is 10.3 Å². The van der Waals surface area contributed by atoms with Gasteiger partial charge in [0.1, 0.15) is 17.7 Å². The molecule has 0 aliphatic carbocycles. The molecule has 0 bridgehead atoms. The van der Waals surface area contributed by atoms with E-state index in [1.54, 1.807) is 19.9 Å². The average molecular weight is 199 g/mol. The number of aryl methyl sites for hydroxylation is 1. The molecule has 1 aromatic rings. The normalized spacial score (nSPS) is 12.6. The Labute approximate surface area is 82.6 Å². The summed E-state index contributed by atoms with van der Waals surface area (Å²) in [6.07, 6.45) is -0.389. The minimum absolute atomic E-state index is 0.287. The maximum atomic E-state index is 13.2. The molecule has 0 aliphatic heterocycles. The Morgan fingerprint density at radius 1 is 1.43 bits per heavy atom. The monoisotopic (exact) mass is 199 g/mol. The Morgan fingerprint density at radius 3 is 2.57 bits per heavy atom. The molecule has 1 rings (SSSR count). The highest BCUT2D eigenvalue weighted by molar-refractivity contribution is 5.39. The van der Waals surface area contributed by atoms with Crippen molar-refractivity contribution in [2.24, 2.45) is 5.90 Å². The summed E-state index contributed by atoms with van der Waals surface area (Å²) in [6, 6.07) is 3.01. The van der Waals surface area contributed by atoms with E-state index in [4.69, 9.17) is 10.6 Å². The Balaban J connectivity index is 3.19. The molecular weight excluding hydrogens is 185 g/mol. The summed E-state index contributed by atoms with van der Waals surface area (Å²) in [4.78, 5) is 4.63. The van der Waals surface area contributed by atoms with Crippen molar-refractivity contribution in [2.45, 2.75) is 20.0 Å². The minimum atomic E-state index is -0.389. The van der Waals surface area contributed by atoms with Gasteiger partial charge in [0.05, 0.1) is 7.11 Å². The minimum Gasteiger partial charge on any atom is -0.496 e. The van der Waals surface area contributed by atoms with Crippen LogP contribution in [0.25, 0.3) is 0 Å². The first kappa shape index (κ1) is 10.9. The van der Waals surface area contributed by atoms with E-state index in [1.165, 1.54) is 13.2 Å². The summed E-state index contributed by atoms with van der Waals surface area (Å²) in [5.74, 6) is 5.34. The predicted octanol–water partition coefficient (Wildman–Crippen LogP) is 2.09. The Hall–Kier alpha value is -1.13. The summed E-state index contributed by atoms with van der Waals surface area (Å²) in [6.45, 7) is 3.40. The number of methoxy groups -OCH3 is 1. The zero-order valence-corrected chi connectivity index (χ0v) is 8.50. The van der Waals surface area contributed by atoms with Gasteiger partial charge in [-0.3, -0.25) is 4.84 Å². The fourth-order valence-corrected chi connectivity index (χ4v) is 1.24. The smallest absolute Gasteiger partial charge is 0.126 e. The van der Waals surface area contributed by atoms with Gasteiger partial charge in [-0.15, -0.1) is 0 Å². The first-order chi connectivity index (χ1) is 6.60. The molecule has 3 nitrogen and oxygen atoms in total. The second kappa shape index (κ2) is 4.39. The maximum absolute atomic E-state index is 13.2. The van der Waals surface area contributed by atoms with Gasteiger partial charge in [-0.1, -0.05) is 0 Å². The highest BCUT2D eigenvalue weighted by Crippen LogP contribution is 2.28. The number of benzene rings is 1. The molecule has 14 heavy (non-hydrogen) atoms. The van der Waals surface area contributed by atoms with Crippen molar-refractivity contribution in [3.8, 4) is 5.75 Å². The topological polar surface area (TPSA) is 44.5 Å². The van der Waals surface area contributed by atoms with E-state index >= 15 is 0 Å². The lowest BCUT2D eigenvalue weighted by Crippen LogP contribution is -2.07. The molecular formula is C10H14FNO2. The van der Waals surface area contributed by atoms with Crippen molar-refractivity contribution in [1.82, 2.24) is 0 Å². The molecule has 0 heterocycles. The second-order valence-electron chi connectivity index (χ2n) is 3.12. The van der Waals surface area contributed by atoms with Gasteiger partial charge in [0, 0.05) is 5.56 Å². The van der Waals surface area contributed by atoms with Crippen molar-refractivity contribution < 1.29 is 14.0 Å². The Morgan fingerprint density at radius 2 is 2.07 bits per heavy atom. The lowest BCUT2D eigenvalue weighted by Gasteiger charge is -2.14. The van der Waals surface area contributed by atoms with Crippen LogP contribution in [0.3, 0.4) is 0 Å². The molecule has 4 heteroatoms. The van der Waals surface area contributed by atoms with Gasteiger partial charge < -0.3 is 4.74 Å². The summed E-state index contributed by atoms with van der Waals surface area (Å²) in [5, 5.41) is 0. The summed E-state index contributed by atoms with van der Waals surface area (Å²) < 4.78 is 18.3. The highest BCUT2D eigenvalue weighted by atomic mass is 19.1. The molecule has 1 aromatic carbocycles. The molecule has 0 amide bonds. The SMILES string of the molecule is COc1cc(C)c(F)cc1C(C)ON. The van der Waals surface area contributed by atoms with E-state index in [9.17, 15) is 4.39 Å². The average Bonchev–Trinajstić information content (AvgIpc) is 2.20. The van der Waals surface area contributed by atoms with E-state index in [-0.39, 0.29) is 11.9 Å². The third kappa shape index (κ3) is 2.02. The summed E-state index contributed by atoms with van der Waals surface area (Å²) in [7, 11) is 1.53. The standard InChI is InChI=1S/C10H14FNO2/c1-6-4-10(13-3)8(5-9(6)11)7(2)14-12/h4-5,7H,12H2,1-3H3. The molecule has 0 fully saturated rings. The first-order valence-corrected chi connectivity index (χ1v) is 4.29. The summed E-state index contributed by atoms with van der Waals surface area (Å²) in [5.41, 5.74) is 1.15. The zero-order chi connectivity index (χ0) is 10.7. The van der Waals surface area contributed by atoms with E-state index in [0.717, 1.165) is 0 Å². The molecule has 0 aromatic heterocycles. The number of ether oxygens (including phenoxy) is 1. The Bertz CT molecular complexity index is 328. The molecule has 0 aliphatic rings. The maximum Gasteiger partial charge on any atom is 0.126 e. The molecule has 1 unspecified atom stereocenters. The van der Waals surface area contributed by atoms with Crippen LogP contribution in [0.2, 0.25) is 0 Å². The van der Waals surface area contributed by atoms with Crippen molar-refractivity contribution in [3.63, 3.8) is 0 Å². The second-order valence-corrected chi connectivity index (χ2v) is 3.12. The van der Waals surface area contributed by atoms with Crippen molar-refractivity contribution in [2.75, 3.05) is 7.11 Å². The number of hydrogen-bond acceptors (Lipinski definition) is 3. The number of hydrogen-bond donors (Lipinski definition) is 1. The van der Waals surface area contributed by atoms with Gasteiger partial charge >= 0.3 is 0 Å². The van der Waals surface area contributed by atoms with Gasteiger partial charge in [-0.05, 0) is 31.5 Å². The van der Waals surface area contributed by atoms with Crippen LogP contribution in [-0.4, -0.2) is 7.11 Å². The van der Waals surface area contributed by atoms with Crippen molar-refractivity contribution in [1.29, 1.82) is 0 Å². The van der Waals surface area contributed by atoms with Crippen molar-refractivity contribution in [3.05, 3.63) is 29.1 Å². The third-order valence-corrected chi connectivity index (χ3v) is 2.15. The van der Waals surface area contributed by atoms with E-state index in [0.29, 0.717) is 16.9 Å². The lowest BCUT2D eigenvalue weighted by atomic mass is 10.1. The quantitative estimate of drug-likeness (QED) is 0.758. The van der Waals surface area contributed by atoms with Crippen LogP contribution in [-0.2, 0) is 4.84 Å². The molecule has 2 N–H and O–H groups in total. The number of nitrogens with two attached hydrogens (primary N) is 1. The van der Waals surface area contributed by atoms with Crippen LogP contribution in [0, 0.1) is 12.7 Å². The molecule has 0 saturated carbocycles. The van der Waals surface area contributed by atoms with E-state index < -0.39 is 0 Å². The van der Waals surface area contributed by atoms with Crippen LogP contribution >= 0.6 is 0 Å². The largest absolute Gasteiger partial charge is 0.496 e. The zero-order valence-electron chi connectivity index (χ0n) is 8.50. The van der Waals surface area contributed by atoms with E-state index in [1.807, 2.05) is 0 Å². The Kier molecular flexibility index (Phi) is 3.43. The fraction of sp³-hybridized carbons (Fsp3) is 0.400. The van der Waals surface area contributed by atoms with E-state index in [2.05, 4.69) is 4.84 Å². The van der Waals surface area contributed by atoms with Crippen LogP contribution in [0.1, 0.15) is 24.2 Å². The van der Waals surface area contributed by atoms with Crippen molar-refractivity contribution >= 4 is 0 Å². The predicted molar refractivity (Wildman–Crippen MR) is 51.4 cm³/mol. The molecule has 78 valence electrons. The molecule has 0 spiro atoms. The van der Waals surface area contributed by atoms with Gasteiger partial charge in [-0.2, -0.15) is 0 Å².